The van der Waals surface area contributed by atoms with Crippen molar-refractivity contribution < 1.29 is 0 Å². The van der Waals surface area contributed by atoms with Crippen LogP contribution in [0.4, 0.5) is 11.5 Å². The average Bonchev–Trinajstić information content (AvgIpc) is 2.70. The van der Waals surface area contributed by atoms with E-state index in [-0.39, 0.29) is 0 Å². The molecular formula is C14H19N3. The molecule has 3 nitrogen and oxygen atoms in total. The highest BCUT2D eigenvalue weighted by atomic mass is 15.1. The van der Waals surface area contributed by atoms with Crippen molar-refractivity contribution in [3.8, 4) is 0 Å². The number of pyridine rings is 1. The van der Waals surface area contributed by atoms with E-state index in [4.69, 9.17) is 5.73 Å². The molecule has 3 heteroatoms. The molecule has 0 spiro atoms. The number of aryl methyl sites for hydroxylation is 1. The van der Waals surface area contributed by atoms with Crippen LogP contribution in [0.2, 0.25) is 0 Å². The lowest BCUT2D eigenvalue weighted by Gasteiger charge is -2.12. The number of nitrogens with one attached hydrogen (secondary N) is 1. The second kappa shape index (κ2) is 3.15. The van der Waals surface area contributed by atoms with Crippen molar-refractivity contribution in [2.75, 3.05) is 11.1 Å². The van der Waals surface area contributed by atoms with E-state index >= 15 is 0 Å². The minimum atomic E-state index is 0.666. The Hall–Kier alpha value is -1.25. The number of nitrogen functional groups attached to an aromatic ring is 1. The van der Waals surface area contributed by atoms with Crippen molar-refractivity contribution >= 4 is 11.5 Å². The predicted octanol–water partition coefficient (Wildman–Crippen LogP) is 2.43. The first-order valence-corrected chi connectivity index (χ1v) is 6.72. The second-order valence-corrected chi connectivity index (χ2v) is 6.11. The van der Waals surface area contributed by atoms with Crippen molar-refractivity contribution in [3.05, 3.63) is 17.8 Å². The number of nitrogens with two attached hydrogens (primary N) is 1. The fraction of sp³-hybridized carbons (Fsp3) is 0.643. The molecule has 0 saturated heterocycles. The van der Waals surface area contributed by atoms with E-state index in [2.05, 4.69) is 10.3 Å². The summed E-state index contributed by atoms with van der Waals surface area (Å²) in [6.07, 6.45) is 6.30. The SMILES string of the molecule is Cc1cnc(NC2C3C4CCC(C4)C23)c(N)c1. The molecule has 4 rings (SSSR count). The van der Waals surface area contributed by atoms with Gasteiger partial charge < -0.3 is 11.1 Å². The highest BCUT2D eigenvalue weighted by Crippen LogP contribution is 2.66. The Bertz CT molecular complexity index is 455. The van der Waals surface area contributed by atoms with E-state index in [1.807, 2.05) is 19.2 Å². The van der Waals surface area contributed by atoms with Crippen LogP contribution < -0.4 is 11.1 Å². The molecular weight excluding hydrogens is 210 g/mol. The van der Waals surface area contributed by atoms with Crippen LogP contribution in [0.3, 0.4) is 0 Å². The summed E-state index contributed by atoms with van der Waals surface area (Å²) >= 11 is 0. The van der Waals surface area contributed by atoms with E-state index in [9.17, 15) is 0 Å². The first kappa shape index (κ1) is 9.75. The molecule has 2 bridgehead atoms. The van der Waals surface area contributed by atoms with Gasteiger partial charge in [-0.1, -0.05) is 0 Å². The van der Waals surface area contributed by atoms with Crippen LogP contribution in [0.15, 0.2) is 12.3 Å². The van der Waals surface area contributed by atoms with Crippen molar-refractivity contribution in [2.45, 2.75) is 32.2 Å². The van der Waals surface area contributed by atoms with Crippen LogP contribution >= 0.6 is 0 Å². The minimum absolute atomic E-state index is 0.666. The fourth-order valence-electron chi connectivity index (χ4n) is 4.39. The smallest absolute Gasteiger partial charge is 0.149 e. The molecule has 0 radical (unpaired) electrons. The monoisotopic (exact) mass is 229 g/mol. The molecule has 90 valence electrons. The lowest BCUT2D eigenvalue weighted by Crippen LogP contribution is -2.14. The molecule has 0 amide bonds. The van der Waals surface area contributed by atoms with E-state index < -0.39 is 0 Å². The van der Waals surface area contributed by atoms with Gasteiger partial charge in [0.2, 0.25) is 0 Å². The third-order valence-corrected chi connectivity index (χ3v) is 5.09. The predicted molar refractivity (Wildman–Crippen MR) is 68.6 cm³/mol. The second-order valence-electron chi connectivity index (χ2n) is 6.11. The number of nitrogens with zero attached hydrogens (tertiary/aromatic N) is 1. The Morgan fingerprint density at radius 2 is 2.00 bits per heavy atom. The van der Waals surface area contributed by atoms with Gasteiger partial charge in [0, 0.05) is 12.2 Å². The molecule has 4 unspecified atom stereocenters. The molecule has 0 aliphatic heterocycles. The molecule has 3 N–H and O–H groups in total. The number of hydrogen-bond donors (Lipinski definition) is 2. The van der Waals surface area contributed by atoms with Gasteiger partial charge in [-0.3, -0.25) is 0 Å². The summed E-state index contributed by atoms with van der Waals surface area (Å²) < 4.78 is 0. The van der Waals surface area contributed by atoms with Crippen LogP contribution in [-0.2, 0) is 0 Å². The summed E-state index contributed by atoms with van der Waals surface area (Å²) in [6.45, 7) is 2.03. The third kappa shape index (κ3) is 1.31. The molecule has 3 aliphatic carbocycles. The molecule has 0 aromatic carbocycles. The van der Waals surface area contributed by atoms with E-state index in [0.717, 1.165) is 40.7 Å². The number of anilines is 2. The maximum Gasteiger partial charge on any atom is 0.149 e. The Kier molecular flexibility index (Phi) is 1.81. The minimum Gasteiger partial charge on any atom is -0.396 e. The number of aromatic nitrogens is 1. The van der Waals surface area contributed by atoms with Crippen LogP contribution in [0.1, 0.15) is 24.8 Å². The Labute approximate surface area is 102 Å². The van der Waals surface area contributed by atoms with Crippen LogP contribution in [-0.4, -0.2) is 11.0 Å². The largest absolute Gasteiger partial charge is 0.396 e. The van der Waals surface area contributed by atoms with Gasteiger partial charge >= 0.3 is 0 Å². The Morgan fingerprint density at radius 1 is 1.29 bits per heavy atom. The summed E-state index contributed by atoms with van der Waals surface area (Å²) in [5.74, 6) is 4.74. The highest BCUT2D eigenvalue weighted by molar-refractivity contribution is 5.63. The van der Waals surface area contributed by atoms with Crippen LogP contribution in [0, 0.1) is 30.6 Å². The molecule has 1 heterocycles. The number of rotatable bonds is 2. The molecule has 1 aromatic heterocycles. The van der Waals surface area contributed by atoms with Gasteiger partial charge in [-0.15, -0.1) is 0 Å². The molecule has 1 aromatic rings. The molecule has 4 atom stereocenters. The van der Waals surface area contributed by atoms with Crippen LogP contribution in [0.5, 0.6) is 0 Å². The normalized spacial score (nSPS) is 41.4. The van der Waals surface area contributed by atoms with Gasteiger partial charge in [0.1, 0.15) is 5.82 Å². The van der Waals surface area contributed by atoms with Gasteiger partial charge in [-0.2, -0.15) is 0 Å². The van der Waals surface area contributed by atoms with Crippen molar-refractivity contribution in [1.29, 1.82) is 0 Å². The Morgan fingerprint density at radius 3 is 2.65 bits per heavy atom. The van der Waals surface area contributed by atoms with Gasteiger partial charge in [0.15, 0.2) is 0 Å². The van der Waals surface area contributed by atoms with E-state index in [1.54, 1.807) is 0 Å². The first-order chi connectivity index (χ1) is 8.24. The lowest BCUT2D eigenvalue weighted by atomic mass is 10.0. The quantitative estimate of drug-likeness (QED) is 0.819. The maximum atomic E-state index is 6.01. The fourth-order valence-corrected chi connectivity index (χ4v) is 4.39. The molecule has 3 saturated carbocycles. The van der Waals surface area contributed by atoms with Gasteiger partial charge in [0.25, 0.3) is 0 Å². The van der Waals surface area contributed by atoms with Gasteiger partial charge in [-0.05, 0) is 61.5 Å². The molecule has 3 fully saturated rings. The molecule has 17 heavy (non-hydrogen) atoms. The van der Waals surface area contributed by atoms with E-state index in [1.165, 1.54) is 19.3 Å². The first-order valence-electron chi connectivity index (χ1n) is 6.72. The standard InChI is InChI=1S/C14H19N3/c1-7-4-10(15)14(16-6-7)17-13-11-8-2-3-9(5-8)12(11)13/h4,6,8-9,11-13H,2-3,5,15H2,1H3,(H,16,17). The summed E-state index contributed by atoms with van der Waals surface area (Å²) in [5, 5.41) is 3.58. The van der Waals surface area contributed by atoms with Crippen LogP contribution in [0.25, 0.3) is 0 Å². The Balaban J connectivity index is 1.52. The summed E-state index contributed by atoms with van der Waals surface area (Å²) in [7, 11) is 0. The zero-order chi connectivity index (χ0) is 11.6. The van der Waals surface area contributed by atoms with Crippen molar-refractivity contribution in [2.24, 2.45) is 23.7 Å². The van der Waals surface area contributed by atoms with E-state index in [0.29, 0.717) is 6.04 Å². The van der Waals surface area contributed by atoms with Crippen molar-refractivity contribution in [1.82, 2.24) is 4.98 Å². The summed E-state index contributed by atoms with van der Waals surface area (Å²) in [4.78, 5) is 4.42. The zero-order valence-electron chi connectivity index (χ0n) is 10.2. The maximum absolute atomic E-state index is 6.01. The third-order valence-electron chi connectivity index (χ3n) is 5.09. The zero-order valence-corrected chi connectivity index (χ0v) is 10.2. The van der Waals surface area contributed by atoms with Crippen molar-refractivity contribution in [3.63, 3.8) is 0 Å². The topological polar surface area (TPSA) is 50.9 Å². The average molecular weight is 229 g/mol. The highest BCUT2D eigenvalue weighted by Gasteiger charge is 2.65. The summed E-state index contributed by atoms with van der Waals surface area (Å²) in [5.41, 5.74) is 7.93. The summed E-state index contributed by atoms with van der Waals surface area (Å²) in [6, 6.07) is 2.67. The number of hydrogen-bond acceptors (Lipinski definition) is 3. The number of fused-ring (bicyclic) bond motifs is 5. The molecule has 3 aliphatic rings. The van der Waals surface area contributed by atoms with Gasteiger partial charge in [-0.25, -0.2) is 4.98 Å². The lowest BCUT2D eigenvalue weighted by molar-refractivity contribution is 0.456. The van der Waals surface area contributed by atoms with Gasteiger partial charge in [0.05, 0.1) is 5.69 Å².